The zero-order chi connectivity index (χ0) is 20.5. The number of benzene rings is 2. The molecule has 0 fully saturated rings. The van der Waals surface area contributed by atoms with E-state index in [1.54, 1.807) is 31.2 Å². The van der Waals surface area contributed by atoms with Crippen LogP contribution in [0.1, 0.15) is 13.3 Å². The van der Waals surface area contributed by atoms with Gasteiger partial charge in [0.1, 0.15) is 11.5 Å². The van der Waals surface area contributed by atoms with E-state index in [0.717, 1.165) is 6.07 Å². The number of hydrogen-bond acceptors (Lipinski definition) is 7. The summed E-state index contributed by atoms with van der Waals surface area (Å²) in [7, 11) is 1.36. The van der Waals surface area contributed by atoms with Crippen LogP contribution in [0.2, 0.25) is 0 Å². The summed E-state index contributed by atoms with van der Waals surface area (Å²) in [5.74, 6) is -0.601. The Morgan fingerprint density at radius 2 is 1.89 bits per heavy atom. The maximum absolute atomic E-state index is 12.2. The lowest BCUT2D eigenvalue weighted by Gasteiger charge is -2.16. The number of nitro benzene ring substituents is 1. The average Bonchev–Trinajstić information content (AvgIpc) is 2.70. The summed E-state index contributed by atoms with van der Waals surface area (Å²) in [4.78, 5) is 34.5. The Labute approximate surface area is 161 Å². The van der Waals surface area contributed by atoms with Gasteiger partial charge in [-0.25, -0.2) is 4.79 Å². The van der Waals surface area contributed by atoms with Crippen molar-refractivity contribution in [3.63, 3.8) is 0 Å². The highest BCUT2D eigenvalue weighted by Crippen LogP contribution is 2.28. The largest absolute Gasteiger partial charge is 0.495 e. The molecule has 9 heteroatoms. The molecule has 0 spiro atoms. The van der Waals surface area contributed by atoms with Gasteiger partial charge >= 0.3 is 5.97 Å². The molecular weight excluding hydrogens is 368 g/mol. The van der Waals surface area contributed by atoms with Gasteiger partial charge in [0, 0.05) is 12.1 Å². The van der Waals surface area contributed by atoms with E-state index in [9.17, 15) is 19.7 Å². The van der Waals surface area contributed by atoms with Crippen molar-refractivity contribution in [3.8, 4) is 11.5 Å². The van der Waals surface area contributed by atoms with Crippen LogP contribution in [0.5, 0.6) is 11.5 Å². The predicted molar refractivity (Wildman–Crippen MR) is 100 cm³/mol. The van der Waals surface area contributed by atoms with E-state index >= 15 is 0 Å². The molecule has 0 saturated carbocycles. The molecule has 1 N–H and O–H groups in total. The highest BCUT2D eigenvalue weighted by atomic mass is 16.6. The second-order valence-electron chi connectivity index (χ2n) is 5.63. The maximum atomic E-state index is 12.2. The van der Waals surface area contributed by atoms with E-state index in [-0.39, 0.29) is 17.1 Å². The molecule has 1 amide bonds. The van der Waals surface area contributed by atoms with Gasteiger partial charge in [0.25, 0.3) is 11.6 Å². The first-order valence-electron chi connectivity index (χ1n) is 8.45. The first-order chi connectivity index (χ1) is 13.4. The molecule has 9 nitrogen and oxygen atoms in total. The Balaban J connectivity index is 1.95. The van der Waals surface area contributed by atoms with Crippen LogP contribution in [0.25, 0.3) is 0 Å². The number of nitrogens with zero attached hydrogens (tertiary/aromatic N) is 1. The minimum Gasteiger partial charge on any atom is -0.495 e. The number of carbonyl (C=O) groups excluding carboxylic acids is 2. The summed E-state index contributed by atoms with van der Waals surface area (Å²) >= 11 is 0. The molecule has 28 heavy (non-hydrogen) atoms. The number of para-hydroxylation sites is 1. The lowest BCUT2D eigenvalue weighted by molar-refractivity contribution is -0.384. The number of anilines is 1. The van der Waals surface area contributed by atoms with Gasteiger partial charge in [0.2, 0.25) is 0 Å². The van der Waals surface area contributed by atoms with Crippen molar-refractivity contribution in [1.29, 1.82) is 0 Å². The fourth-order valence-corrected chi connectivity index (χ4v) is 2.28. The maximum Gasteiger partial charge on any atom is 0.347 e. The number of rotatable bonds is 9. The van der Waals surface area contributed by atoms with E-state index < -0.39 is 29.5 Å². The lowest BCUT2D eigenvalue weighted by atomic mass is 10.2. The molecule has 0 aromatic heterocycles. The molecule has 148 valence electrons. The van der Waals surface area contributed by atoms with Crippen LogP contribution in [0, 0.1) is 10.1 Å². The molecule has 0 heterocycles. The molecule has 0 aliphatic carbocycles. The number of nitrogens with one attached hydrogen (secondary N) is 1. The molecule has 2 aromatic carbocycles. The van der Waals surface area contributed by atoms with Crippen LogP contribution in [-0.4, -0.2) is 36.6 Å². The monoisotopic (exact) mass is 388 g/mol. The summed E-state index contributed by atoms with van der Waals surface area (Å²) in [6, 6.07) is 12.5. The second kappa shape index (κ2) is 9.91. The van der Waals surface area contributed by atoms with Gasteiger partial charge in [-0.3, -0.25) is 14.9 Å². The van der Waals surface area contributed by atoms with Gasteiger partial charge in [-0.05, 0) is 24.6 Å². The molecule has 0 bridgehead atoms. The molecule has 0 aliphatic rings. The minimum atomic E-state index is -0.859. The molecule has 0 radical (unpaired) electrons. The summed E-state index contributed by atoms with van der Waals surface area (Å²) in [6.07, 6.45) is -0.504. The molecule has 0 aliphatic heterocycles. The first kappa shape index (κ1) is 20.7. The van der Waals surface area contributed by atoms with Crippen LogP contribution in [0.4, 0.5) is 11.4 Å². The highest BCUT2D eigenvalue weighted by Gasteiger charge is 2.21. The van der Waals surface area contributed by atoms with Crippen molar-refractivity contribution in [1.82, 2.24) is 0 Å². The molecule has 1 atom stereocenters. The zero-order valence-corrected chi connectivity index (χ0v) is 15.4. The summed E-state index contributed by atoms with van der Waals surface area (Å²) < 4.78 is 15.6. The third-order valence-electron chi connectivity index (χ3n) is 3.67. The standard InChI is InChI=1S/C19H20N2O7/c1-3-16(28-14-7-5-4-6-8-14)19(23)27-12-18(22)20-15-11-13(21(24)25)9-10-17(15)26-2/h4-11,16H,3,12H2,1-2H3,(H,20,22)/t16-/m1/s1. The van der Waals surface area contributed by atoms with Gasteiger partial charge < -0.3 is 19.5 Å². The normalized spacial score (nSPS) is 11.2. The van der Waals surface area contributed by atoms with Crippen LogP contribution in [0.3, 0.4) is 0 Å². The first-order valence-corrected chi connectivity index (χ1v) is 8.45. The van der Waals surface area contributed by atoms with Crippen LogP contribution in [-0.2, 0) is 14.3 Å². The Hall–Kier alpha value is -3.62. The third-order valence-corrected chi connectivity index (χ3v) is 3.67. The van der Waals surface area contributed by atoms with Crippen molar-refractivity contribution in [2.75, 3.05) is 19.0 Å². The van der Waals surface area contributed by atoms with Crippen molar-refractivity contribution in [2.24, 2.45) is 0 Å². The fraction of sp³-hybridized carbons (Fsp3) is 0.263. The Morgan fingerprint density at radius 1 is 1.18 bits per heavy atom. The average molecular weight is 388 g/mol. The summed E-state index contributed by atoms with van der Waals surface area (Å²) in [5.41, 5.74) is -0.110. The molecule has 0 unspecified atom stereocenters. The quantitative estimate of drug-likeness (QED) is 0.399. The Bertz CT molecular complexity index is 839. The third kappa shape index (κ3) is 5.70. The van der Waals surface area contributed by atoms with Gasteiger partial charge in [-0.2, -0.15) is 0 Å². The number of carbonyl (C=O) groups is 2. The lowest BCUT2D eigenvalue weighted by Crippen LogP contribution is -2.31. The van der Waals surface area contributed by atoms with Gasteiger partial charge in [-0.1, -0.05) is 25.1 Å². The van der Waals surface area contributed by atoms with Gasteiger partial charge in [-0.15, -0.1) is 0 Å². The Kier molecular flexibility index (Phi) is 7.32. The number of esters is 1. The van der Waals surface area contributed by atoms with Crippen LogP contribution < -0.4 is 14.8 Å². The van der Waals surface area contributed by atoms with Crippen LogP contribution >= 0.6 is 0 Å². The number of methoxy groups -OCH3 is 1. The van der Waals surface area contributed by atoms with Crippen molar-refractivity contribution >= 4 is 23.3 Å². The van der Waals surface area contributed by atoms with Gasteiger partial charge in [0.05, 0.1) is 17.7 Å². The summed E-state index contributed by atoms with van der Waals surface area (Å²) in [5, 5.41) is 13.3. The van der Waals surface area contributed by atoms with E-state index in [1.165, 1.54) is 19.2 Å². The van der Waals surface area contributed by atoms with E-state index in [4.69, 9.17) is 14.2 Å². The van der Waals surface area contributed by atoms with E-state index in [1.807, 2.05) is 6.07 Å². The predicted octanol–water partition coefficient (Wildman–Crippen LogP) is 2.94. The van der Waals surface area contributed by atoms with Crippen LogP contribution in [0.15, 0.2) is 48.5 Å². The molecule has 2 rings (SSSR count). The number of amides is 1. The smallest absolute Gasteiger partial charge is 0.347 e. The van der Waals surface area contributed by atoms with Crippen molar-refractivity contribution < 1.29 is 28.7 Å². The second-order valence-corrected chi connectivity index (χ2v) is 5.63. The zero-order valence-electron chi connectivity index (χ0n) is 15.4. The number of nitro groups is 1. The topological polar surface area (TPSA) is 117 Å². The van der Waals surface area contributed by atoms with Crippen molar-refractivity contribution in [2.45, 2.75) is 19.4 Å². The SMILES string of the molecule is CC[C@@H](Oc1ccccc1)C(=O)OCC(=O)Nc1cc([N+](=O)[O-])ccc1OC. The summed E-state index contributed by atoms with van der Waals surface area (Å²) in [6.45, 7) is 1.18. The fourth-order valence-electron chi connectivity index (χ4n) is 2.28. The highest BCUT2D eigenvalue weighted by molar-refractivity contribution is 5.94. The minimum absolute atomic E-state index is 0.102. The van der Waals surface area contributed by atoms with Crippen molar-refractivity contribution in [3.05, 3.63) is 58.6 Å². The molecule has 2 aromatic rings. The van der Waals surface area contributed by atoms with E-state index in [0.29, 0.717) is 12.2 Å². The van der Waals surface area contributed by atoms with Gasteiger partial charge in [0.15, 0.2) is 12.7 Å². The molecule has 0 saturated heterocycles. The number of non-ortho nitro benzene ring substituents is 1. The number of hydrogen-bond donors (Lipinski definition) is 1. The number of ether oxygens (including phenoxy) is 3. The van der Waals surface area contributed by atoms with E-state index in [2.05, 4.69) is 5.32 Å². The Morgan fingerprint density at radius 3 is 2.50 bits per heavy atom. The molecular formula is C19H20N2O7.